The van der Waals surface area contributed by atoms with Crippen LogP contribution in [0.3, 0.4) is 0 Å². The smallest absolute Gasteiger partial charge is 0.205 e. The molecule has 0 saturated heterocycles. The zero-order valence-corrected chi connectivity index (χ0v) is 13.9. The highest BCUT2D eigenvalue weighted by Gasteiger charge is 2.33. The first-order valence-electron chi connectivity index (χ1n) is 6.63. The predicted molar refractivity (Wildman–Crippen MR) is 81.8 cm³/mol. The molecule has 0 aromatic heterocycles. The molecular weight excluding hydrogens is 240 g/mol. The monoisotopic (exact) mass is 266 g/mol. The van der Waals surface area contributed by atoms with Gasteiger partial charge in [0, 0.05) is 0 Å². The fraction of sp³-hybridized carbons (Fsp3) is 0.571. The van der Waals surface area contributed by atoms with Crippen molar-refractivity contribution in [2.45, 2.75) is 52.0 Å². The van der Waals surface area contributed by atoms with Gasteiger partial charge >= 0.3 is 0 Å². The van der Waals surface area contributed by atoms with Crippen LogP contribution in [0.25, 0.3) is 0 Å². The molecule has 0 atom stereocenters. The second-order valence-corrected chi connectivity index (χ2v) is 14.3. The molecule has 0 aliphatic carbocycles. The molecule has 0 aliphatic heterocycles. The summed E-state index contributed by atoms with van der Waals surface area (Å²) in [5, 5.41) is 1.41. The van der Waals surface area contributed by atoms with Gasteiger partial charge in [-0.15, -0.1) is 0 Å². The van der Waals surface area contributed by atoms with Gasteiger partial charge in [0.15, 0.2) is 8.32 Å². The Morgan fingerprint density at radius 3 is 2.12 bits per heavy atom. The van der Waals surface area contributed by atoms with Crippen LogP contribution in [-0.2, 0) is 4.12 Å². The fourth-order valence-corrected chi connectivity index (χ4v) is 10.8. The summed E-state index contributed by atoms with van der Waals surface area (Å²) >= 11 is 0. The van der Waals surface area contributed by atoms with Gasteiger partial charge in [0.05, 0.1) is 0 Å². The van der Waals surface area contributed by atoms with Crippen LogP contribution >= 0.6 is 0 Å². The predicted octanol–water partition coefficient (Wildman–Crippen LogP) is 4.12. The van der Waals surface area contributed by atoms with Crippen LogP contribution in [0.4, 0.5) is 0 Å². The summed E-state index contributed by atoms with van der Waals surface area (Å²) in [6.07, 6.45) is 2.58. The number of rotatable bonds is 6. The fourth-order valence-electron chi connectivity index (χ4n) is 2.24. The van der Waals surface area contributed by atoms with Crippen molar-refractivity contribution in [3.8, 4) is 0 Å². The van der Waals surface area contributed by atoms with Gasteiger partial charge < -0.3 is 4.12 Å². The van der Waals surface area contributed by atoms with Crippen molar-refractivity contribution in [1.29, 1.82) is 0 Å². The first-order valence-corrected chi connectivity index (χ1v) is 12.7. The van der Waals surface area contributed by atoms with Crippen LogP contribution in [0, 0.1) is 0 Å². The number of hydrogen-bond acceptors (Lipinski definition) is 1. The van der Waals surface area contributed by atoms with Crippen molar-refractivity contribution in [1.82, 2.24) is 0 Å². The van der Waals surface area contributed by atoms with Crippen LogP contribution in [0.15, 0.2) is 30.3 Å². The average molecular weight is 267 g/mol. The van der Waals surface area contributed by atoms with Gasteiger partial charge in [-0.05, 0) is 37.4 Å². The van der Waals surface area contributed by atoms with Crippen LogP contribution in [0.1, 0.15) is 19.8 Å². The highest BCUT2D eigenvalue weighted by molar-refractivity contribution is 6.92. The van der Waals surface area contributed by atoms with E-state index >= 15 is 0 Å². The molecule has 0 unspecified atom stereocenters. The lowest BCUT2D eigenvalue weighted by atomic mass is 10.4. The van der Waals surface area contributed by atoms with Gasteiger partial charge in [-0.2, -0.15) is 0 Å². The minimum absolute atomic E-state index is 1.27. The lowest BCUT2D eigenvalue weighted by molar-refractivity contribution is 0.549. The van der Waals surface area contributed by atoms with E-state index in [9.17, 15) is 0 Å². The summed E-state index contributed by atoms with van der Waals surface area (Å²) in [4.78, 5) is 0. The molecule has 1 aromatic rings. The molecule has 0 heterocycles. The molecule has 0 bridgehead atoms. The van der Waals surface area contributed by atoms with Gasteiger partial charge in [0.2, 0.25) is 8.32 Å². The van der Waals surface area contributed by atoms with Crippen LogP contribution in [0.5, 0.6) is 0 Å². The van der Waals surface area contributed by atoms with Gasteiger partial charge in [0.1, 0.15) is 0 Å². The van der Waals surface area contributed by atoms with E-state index in [-0.39, 0.29) is 0 Å². The van der Waals surface area contributed by atoms with Crippen molar-refractivity contribution in [2.75, 3.05) is 0 Å². The van der Waals surface area contributed by atoms with Crippen molar-refractivity contribution in [3.05, 3.63) is 30.3 Å². The average Bonchev–Trinajstić information content (AvgIpc) is 2.26. The lowest BCUT2D eigenvalue weighted by Crippen LogP contribution is -2.52. The van der Waals surface area contributed by atoms with Gasteiger partial charge in [-0.3, -0.25) is 0 Å². The summed E-state index contributed by atoms with van der Waals surface area (Å²) in [5.41, 5.74) is 0. The van der Waals surface area contributed by atoms with E-state index < -0.39 is 16.6 Å². The van der Waals surface area contributed by atoms with Gasteiger partial charge in [-0.25, -0.2) is 0 Å². The van der Waals surface area contributed by atoms with Crippen molar-refractivity contribution in [2.24, 2.45) is 0 Å². The number of benzene rings is 1. The third kappa shape index (κ3) is 4.78. The molecule has 17 heavy (non-hydrogen) atoms. The van der Waals surface area contributed by atoms with Crippen LogP contribution in [0.2, 0.25) is 32.2 Å². The summed E-state index contributed by atoms with van der Waals surface area (Å²) < 4.78 is 6.59. The Hall–Kier alpha value is -0.386. The van der Waals surface area contributed by atoms with E-state index in [1.54, 1.807) is 0 Å². The molecule has 1 rings (SSSR count). The molecule has 0 N–H and O–H groups in total. The maximum absolute atomic E-state index is 6.59. The molecule has 0 radical (unpaired) electrons. The molecular formula is C14H26OSi2. The standard InChI is InChI=1S/C14H26OSi2/c1-6-7-13-16(2,3)15-17(4,5)14-11-9-8-10-12-14/h8-12H,6-7,13H2,1-5H3. The summed E-state index contributed by atoms with van der Waals surface area (Å²) in [6, 6.07) is 12.0. The first-order chi connectivity index (χ1) is 7.87. The third-order valence-corrected chi connectivity index (χ3v) is 10.7. The maximum atomic E-state index is 6.59. The van der Waals surface area contributed by atoms with E-state index in [1.807, 2.05) is 0 Å². The van der Waals surface area contributed by atoms with Crippen molar-refractivity contribution in [3.63, 3.8) is 0 Å². The normalized spacial score (nSPS) is 12.8. The third-order valence-electron chi connectivity index (χ3n) is 3.13. The second kappa shape index (κ2) is 5.98. The molecule has 96 valence electrons. The van der Waals surface area contributed by atoms with E-state index in [2.05, 4.69) is 63.4 Å². The van der Waals surface area contributed by atoms with E-state index in [4.69, 9.17) is 4.12 Å². The molecule has 0 amide bonds. The number of hydrogen-bond donors (Lipinski definition) is 0. The van der Waals surface area contributed by atoms with Crippen LogP contribution < -0.4 is 5.19 Å². The summed E-state index contributed by atoms with van der Waals surface area (Å²) in [6.45, 7) is 11.6. The minimum atomic E-state index is -1.70. The maximum Gasteiger partial charge on any atom is 0.205 e. The topological polar surface area (TPSA) is 9.23 Å². The molecule has 1 aromatic carbocycles. The Morgan fingerprint density at radius 2 is 1.59 bits per heavy atom. The quantitative estimate of drug-likeness (QED) is 0.704. The highest BCUT2D eigenvalue weighted by atomic mass is 28.4. The zero-order chi connectivity index (χ0) is 12.9. The van der Waals surface area contributed by atoms with E-state index in [0.29, 0.717) is 0 Å². The molecule has 0 fully saturated rings. The Morgan fingerprint density at radius 1 is 1.00 bits per heavy atom. The first kappa shape index (κ1) is 14.7. The molecule has 0 spiro atoms. The van der Waals surface area contributed by atoms with E-state index in [1.165, 1.54) is 24.1 Å². The highest BCUT2D eigenvalue weighted by Crippen LogP contribution is 2.20. The Balaban J connectivity index is 2.72. The van der Waals surface area contributed by atoms with Gasteiger partial charge in [-0.1, -0.05) is 50.1 Å². The Bertz CT molecular complexity index is 333. The molecule has 1 nitrogen and oxygen atoms in total. The Kier molecular flexibility index (Phi) is 5.16. The van der Waals surface area contributed by atoms with Crippen LogP contribution in [-0.4, -0.2) is 16.6 Å². The summed E-state index contributed by atoms with van der Waals surface area (Å²) in [7, 11) is -3.18. The van der Waals surface area contributed by atoms with Gasteiger partial charge in [0.25, 0.3) is 0 Å². The second-order valence-electron chi connectivity index (χ2n) is 5.84. The van der Waals surface area contributed by atoms with Crippen molar-refractivity contribution >= 4 is 21.8 Å². The Labute approximate surface area is 108 Å². The van der Waals surface area contributed by atoms with Crippen molar-refractivity contribution < 1.29 is 4.12 Å². The molecule has 0 aliphatic rings. The molecule has 3 heteroatoms. The summed E-state index contributed by atoms with van der Waals surface area (Å²) in [5.74, 6) is 0. The minimum Gasteiger partial charge on any atom is -0.452 e. The van der Waals surface area contributed by atoms with E-state index in [0.717, 1.165) is 0 Å². The number of unbranched alkanes of at least 4 members (excludes halogenated alkanes) is 1. The molecule has 0 saturated carbocycles. The lowest BCUT2D eigenvalue weighted by Gasteiger charge is -2.34. The SMILES string of the molecule is CCCC[Si](C)(C)O[Si](C)(C)c1ccccc1. The largest absolute Gasteiger partial charge is 0.452 e. The zero-order valence-electron chi connectivity index (χ0n) is 11.9.